The first-order chi connectivity index (χ1) is 10.7. The Hall–Kier alpha value is -2.15. The first-order valence-corrected chi connectivity index (χ1v) is 7.60. The van der Waals surface area contributed by atoms with Crippen molar-refractivity contribution in [1.82, 2.24) is 14.8 Å². The lowest BCUT2D eigenvalue weighted by atomic mass is 10.2. The van der Waals surface area contributed by atoms with Gasteiger partial charge in [0.2, 0.25) is 0 Å². The number of hydrogen-bond acceptors (Lipinski definition) is 4. The van der Waals surface area contributed by atoms with E-state index in [1.54, 1.807) is 34.3 Å². The molecule has 0 radical (unpaired) electrons. The SMILES string of the molecule is O=C(Nc1cccnc1)N1CCN(C(=O)[C@@H]2CCCO2)CC1. The van der Waals surface area contributed by atoms with Gasteiger partial charge in [0.1, 0.15) is 6.10 Å². The summed E-state index contributed by atoms with van der Waals surface area (Å²) in [6.45, 7) is 2.84. The zero-order valence-corrected chi connectivity index (χ0v) is 12.4. The van der Waals surface area contributed by atoms with Crippen LogP contribution in [0.4, 0.5) is 10.5 Å². The summed E-state index contributed by atoms with van der Waals surface area (Å²) >= 11 is 0. The Morgan fingerprint density at radius 3 is 2.64 bits per heavy atom. The molecule has 22 heavy (non-hydrogen) atoms. The molecule has 1 N–H and O–H groups in total. The lowest BCUT2D eigenvalue weighted by Gasteiger charge is -2.35. The van der Waals surface area contributed by atoms with Crippen molar-refractivity contribution in [3.05, 3.63) is 24.5 Å². The van der Waals surface area contributed by atoms with Crippen LogP contribution in [0, 0.1) is 0 Å². The van der Waals surface area contributed by atoms with E-state index < -0.39 is 0 Å². The molecule has 118 valence electrons. The third-order valence-electron chi connectivity index (χ3n) is 4.00. The molecule has 0 aliphatic carbocycles. The highest BCUT2D eigenvalue weighted by Crippen LogP contribution is 2.16. The third-order valence-corrected chi connectivity index (χ3v) is 4.00. The van der Waals surface area contributed by atoms with Crippen molar-refractivity contribution in [2.75, 3.05) is 38.1 Å². The number of pyridine rings is 1. The first kappa shape index (κ1) is 14.8. The van der Waals surface area contributed by atoms with Gasteiger partial charge in [-0.2, -0.15) is 0 Å². The maximum Gasteiger partial charge on any atom is 0.322 e. The van der Waals surface area contributed by atoms with Crippen LogP contribution in [0.15, 0.2) is 24.5 Å². The molecule has 7 heteroatoms. The Morgan fingerprint density at radius 2 is 2.00 bits per heavy atom. The number of anilines is 1. The number of urea groups is 1. The number of nitrogens with one attached hydrogen (secondary N) is 1. The van der Waals surface area contributed by atoms with Crippen LogP contribution in [-0.4, -0.2) is 65.6 Å². The van der Waals surface area contributed by atoms with Gasteiger partial charge in [-0.1, -0.05) is 0 Å². The van der Waals surface area contributed by atoms with Crippen LogP contribution in [0.1, 0.15) is 12.8 Å². The van der Waals surface area contributed by atoms with Crippen LogP contribution in [0.5, 0.6) is 0 Å². The molecular formula is C15H20N4O3. The molecule has 0 unspecified atom stereocenters. The fraction of sp³-hybridized carbons (Fsp3) is 0.533. The van der Waals surface area contributed by atoms with Crippen molar-refractivity contribution in [1.29, 1.82) is 0 Å². The molecule has 2 saturated heterocycles. The minimum absolute atomic E-state index is 0.0600. The number of rotatable bonds is 2. The zero-order valence-electron chi connectivity index (χ0n) is 12.4. The summed E-state index contributed by atoms with van der Waals surface area (Å²) in [7, 11) is 0. The van der Waals surface area contributed by atoms with Crippen LogP contribution in [0.3, 0.4) is 0 Å². The number of hydrogen-bond donors (Lipinski definition) is 1. The Morgan fingerprint density at radius 1 is 1.23 bits per heavy atom. The van der Waals surface area contributed by atoms with Crippen molar-refractivity contribution in [2.45, 2.75) is 18.9 Å². The van der Waals surface area contributed by atoms with Gasteiger partial charge in [-0.25, -0.2) is 4.79 Å². The van der Waals surface area contributed by atoms with E-state index in [1.807, 2.05) is 0 Å². The van der Waals surface area contributed by atoms with E-state index in [-0.39, 0.29) is 18.0 Å². The standard InChI is InChI=1S/C15H20N4O3/c20-14(13-4-2-10-22-13)18-6-8-19(9-7-18)15(21)17-12-3-1-5-16-11-12/h1,3,5,11,13H,2,4,6-10H2,(H,17,21)/t13-/m0/s1. The van der Waals surface area contributed by atoms with E-state index in [2.05, 4.69) is 10.3 Å². The predicted octanol–water partition coefficient (Wildman–Crippen LogP) is 0.937. The summed E-state index contributed by atoms with van der Waals surface area (Å²) in [5, 5.41) is 2.81. The number of ether oxygens (including phenoxy) is 1. The fourth-order valence-electron chi connectivity index (χ4n) is 2.75. The molecule has 0 saturated carbocycles. The summed E-state index contributed by atoms with van der Waals surface area (Å²) in [6.07, 6.45) is 4.74. The second-order valence-electron chi connectivity index (χ2n) is 5.49. The van der Waals surface area contributed by atoms with Gasteiger partial charge in [0.15, 0.2) is 0 Å². The second-order valence-corrected chi connectivity index (χ2v) is 5.49. The minimum atomic E-state index is -0.282. The van der Waals surface area contributed by atoms with E-state index in [9.17, 15) is 9.59 Å². The number of amides is 3. The van der Waals surface area contributed by atoms with Gasteiger partial charge in [0.05, 0.1) is 11.9 Å². The number of aromatic nitrogens is 1. The number of carbonyl (C=O) groups excluding carboxylic acids is 2. The molecule has 2 aliphatic rings. The van der Waals surface area contributed by atoms with Gasteiger partial charge in [-0.15, -0.1) is 0 Å². The van der Waals surface area contributed by atoms with E-state index in [4.69, 9.17) is 4.74 Å². The molecule has 3 amide bonds. The quantitative estimate of drug-likeness (QED) is 0.882. The highest BCUT2D eigenvalue weighted by Gasteiger charge is 2.31. The topological polar surface area (TPSA) is 74.8 Å². The van der Waals surface area contributed by atoms with Crippen molar-refractivity contribution >= 4 is 17.6 Å². The molecule has 1 atom stereocenters. The largest absolute Gasteiger partial charge is 0.368 e. The molecule has 1 aromatic heterocycles. The summed E-state index contributed by atoms with van der Waals surface area (Å²) < 4.78 is 5.43. The zero-order chi connectivity index (χ0) is 15.4. The molecule has 3 heterocycles. The van der Waals surface area contributed by atoms with Crippen LogP contribution >= 0.6 is 0 Å². The highest BCUT2D eigenvalue weighted by molar-refractivity contribution is 5.89. The number of carbonyl (C=O) groups is 2. The van der Waals surface area contributed by atoms with Gasteiger partial charge in [-0.3, -0.25) is 9.78 Å². The first-order valence-electron chi connectivity index (χ1n) is 7.60. The fourth-order valence-corrected chi connectivity index (χ4v) is 2.75. The monoisotopic (exact) mass is 304 g/mol. The summed E-state index contributed by atoms with van der Waals surface area (Å²) in [6, 6.07) is 3.41. The highest BCUT2D eigenvalue weighted by atomic mass is 16.5. The number of nitrogens with zero attached hydrogens (tertiary/aromatic N) is 3. The lowest BCUT2D eigenvalue weighted by Crippen LogP contribution is -2.53. The van der Waals surface area contributed by atoms with Crippen LogP contribution in [0.2, 0.25) is 0 Å². The van der Waals surface area contributed by atoms with Gasteiger partial charge in [0, 0.05) is 39.0 Å². The van der Waals surface area contributed by atoms with E-state index in [1.165, 1.54) is 0 Å². The minimum Gasteiger partial charge on any atom is -0.368 e. The molecule has 1 aromatic rings. The maximum absolute atomic E-state index is 12.2. The Kier molecular flexibility index (Phi) is 4.53. The molecule has 0 aromatic carbocycles. The van der Waals surface area contributed by atoms with Crippen molar-refractivity contribution in [3.8, 4) is 0 Å². The average Bonchev–Trinajstić information content (AvgIpc) is 3.10. The second kappa shape index (κ2) is 6.74. The Labute approximate surface area is 129 Å². The summed E-state index contributed by atoms with van der Waals surface area (Å²) in [5.41, 5.74) is 0.672. The maximum atomic E-state index is 12.2. The Balaban J connectivity index is 1.48. The molecule has 3 rings (SSSR count). The number of piperazine rings is 1. The van der Waals surface area contributed by atoms with Gasteiger partial charge in [-0.05, 0) is 25.0 Å². The summed E-state index contributed by atoms with van der Waals surface area (Å²) in [4.78, 5) is 31.9. The van der Waals surface area contributed by atoms with E-state index in [0.717, 1.165) is 12.8 Å². The molecule has 2 fully saturated rings. The normalized spacial score (nSPS) is 21.7. The third kappa shape index (κ3) is 3.36. The van der Waals surface area contributed by atoms with Gasteiger partial charge in [0.25, 0.3) is 5.91 Å². The van der Waals surface area contributed by atoms with E-state index in [0.29, 0.717) is 38.5 Å². The van der Waals surface area contributed by atoms with Crippen LogP contribution in [0.25, 0.3) is 0 Å². The lowest BCUT2D eigenvalue weighted by molar-refractivity contribution is -0.142. The molecule has 0 spiro atoms. The van der Waals surface area contributed by atoms with Crippen LogP contribution < -0.4 is 5.32 Å². The average molecular weight is 304 g/mol. The van der Waals surface area contributed by atoms with Gasteiger partial charge >= 0.3 is 6.03 Å². The molecule has 2 aliphatic heterocycles. The van der Waals surface area contributed by atoms with Gasteiger partial charge < -0.3 is 19.9 Å². The van der Waals surface area contributed by atoms with Crippen molar-refractivity contribution in [3.63, 3.8) is 0 Å². The van der Waals surface area contributed by atoms with Crippen molar-refractivity contribution in [2.24, 2.45) is 0 Å². The smallest absolute Gasteiger partial charge is 0.322 e. The molecular weight excluding hydrogens is 284 g/mol. The van der Waals surface area contributed by atoms with Crippen LogP contribution in [-0.2, 0) is 9.53 Å². The Bertz CT molecular complexity index is 523. The predicted molar refractivity (Wildman–Crippen MR) is 80.4 cm³/mol. The van der Waals surface area contributed by atoms with Crippen molar-refractivity contribution < 1.29 is 14.3 Å². The molecule has 7 nitrogen and oxygen atoms in total. The van der Waals surface area contributed by atoms with E-state index >= 15 is 0 Å². The molecule has 0 bridgehead atoms. The summed E-state index contributed by atoms with van der Waals surface area (Å²) in [5.74, 6) is 0.0600.